The highest BCUT2D eigenvalue weighted by Crippen LogP contribution is 2.32. The minimum atomic E-state index is -1.24. The predicted molar refractivity (Wildman–Crippen MR) is 79.7 cm³/mol. The molecule has 1 fully saturated rings. The average Bonchev–Trinajstić information content (AvgIpc) is 2.75. The van der Waals surface area contributed by atoms with Crippen LogP contribution in [0, 0.1) is 5.82 Å². The van der Waals surface area contributed by atoms with Crippen LogP contribution in [-0.2, 0) is 14.4 Å². The van der Waals surface area contributed by atoms with Crippen LogP contribution in [0.1, 0.15) is 5.56 Å². The SMILES string of the molecule is O=C(O)CNC(=O)CN1C(=O)S/C(=C\c2ccccc2F)C1=O. The van der Waals surface area contributed by atoms with Gasteiger partial charge < -0.3 is 10.4 Å². The van der Waals surface area contributed by atoms with E-state index in [-0.39, 0.29) is 10.5 Å². The van der Waals surface area contributed by atoms with Crippen molar-refractivity contribution in [2.45, 2.75) is 0 Å². The molecular formula is C14H11FN2O5S. The molecule has 9 heteroatoms. The van der Waals surface area contributed by atoms with Gasteiger partial charge in [0.1, 0.15) is 18.9 Å². The van der Waals surface area contributed by atoms with E-state index < -0.39 is 41.9 Å². The molecule has 1 aliphatic rings. The Kier molecular flexibility index (Phi) is 5.12. The van der Waals surface area contributed by atoms with E-state index >= 15 is 0 Å². The predicted octanol–water partition coefficient (Wildman–Crippen LogP) is 1.06. The number of benzene rings is 1. The van der Waals surface area contributed by atoms with Gasteiger partial charge in [-0.3, -0.25) is 24.1 Å². The van der Waals surface area contributed by atoms with Crippen molar-refractivity contribution in [3.63, 3.8) is 0 Å². The number of imide groups is 1. The van der Waals surface area contributed by atoms with Gasteiger partial charge in [-0.05, 0) is 23.9 Å². The first-order valence-corrected chi connectivity index (χ1v) is 7.18. The molecule has 2 rings (SSSR count). The number of carbonyl (C=O) groups excluding carboxylic acids is 3. The van der Waals surface area contributed by atoms with Crippen LogP contribution in [0.25, 0.3) is 6.08 Å². The van der Waals surface area contributed by atoms with Crippen LogP contribution >= 0.6 is 11.8 Å². The standard InChI is InChI=1S/C14H11FN2O5S/c15-9-4-2-1-3-8(9)5-10-13(21)17(14(22)23-10)7-11(18)16-6-12(19)20/h1-5H,6-7H2,(H,16,18)(H,19,20)/b10-5-. The fraction of sp³-hybridized carbons (Fsp3) is 0.143. The molecule has 0 atom stereocenters. The normalized spacial score (nSPS) is 16.0. The molecule has 1 aromatic carbocycles. The van der Waals surface area contributed by atoms with E-state index in [1.54, 1.807) is 6.07 Å². The summed E-state index contributed by atoms with van der Waals surface area (Å²) in [5.41, 5.74) is 0.147. The minimum Gasteiger partial charge on any atom is -0.480 e. The number of carboxylic acid groups (broad SMARTS) is 1. The Bertz CT molecular complexity index is 719. The first-order valence-electron chi connectivity index (χ1n) is 6.37. The lowest BCUT2D eigenvalue weighted by Gasteiger charge is -2.11. The smallest absolute Gasteiger partial charge is 0.322 e. The molecule has 1 saturated heterocycles. The van der Waals surface area contributed by atoms with Crippen LogP contribution in [0.5, 0.6) is 0 Å². The topological polar surface area (TPSA) is 104 Å². The molecule has 1 heterocycles. The van der Waals surface area contributed by atoms with Crippen LogP contribution in [0.2, 0.25) is 0 Å². The molecular weight excluding hydrogens is 327 g/mol. The van der Waals surface area contributed by atoms with Gasteiger partial charge in [-0.2, -0.15) is 0 Å². The second-order valence-corrected chi connectivity index (χ2v) is 5.45. The molecule has 0 unspecified atom stereocenters. The molecule has 2 N–H and O–H groups in total. The zero-order valence-electron chi connectivity index (χ0n) is 11.6. The molecule has 0 radical (unpaired) electrons. The summed E-state index contributed by atoms with van der Waals surface area (Å²) in [6.07, 6.45) is 1.23. The number of amides is 3. The zero-order chi connectivity index (χ0) is 17.0. The highest BCUT2D eigenvalue weighted by atomic mass is 32.2. The number of nitrogens with one attached hydrogen (secondary N) is 1. The van der Waals surface area contributed by atoms with Gasteiger partial charge in [-0.1, -0.05) is 18.2 Å². The van der Waals surface area contributed by atoms with Gasteiger partial charge in [0.15, 0.2) is 0 Å². The Balaban J connectivity index is 2.09. The largest absolute Gasteiger partial charge is 0.480 e. The van der Waals surface area contributed by atoms with Gasteiger partial charge in [0.2, 0.25) is 5.91 Å². The van der Waals surface area contributed by atoms with E-state index in [9.17, 15) is 23.6 Å². The van der Waals surface area contributed by atoms with Gasteiger partial charge in [-0.25, -0.2) is 4.39 Å². The third-order valence-corrected chi connectivity index (χ3v) is 3.71. The Morgan fingerprint density at radius 2 is 2.00 bits per heavy atom. The third kappa shape index (κ3) is 4.16. The summed E-state index contributed by atoms with van der Waals surface area (Å²) in [4.78, 5) is 46.4. The Labute approximate surface area is 134 Å². The third-order valence-electron chi connectivity index (χ3n) is 2.80. The number of thioether (sulfide) groups is 1. The number of aliphatic carboxylic acids is 1. The van der Waals surface area contributed by atoms with Crippen molar-refractivity contribution >= 4 is 40.9 Å². The van der Waals surface area contributed by atoms with Crippen LogP contribution in [0.4, 0.5) is 9.18 Å². The van der Waals surface area contributed by atoms with E-state index in [2.05, 4.69) is 5.32 Å². The molecule has 120 valence electrons. The van der Waals surface area contributed by atoms with Crippen LogP contribution in [0.3, 0.4) is 0 Å². The fourth-order valence-electron chi connectivity index (χ4n) is 1.74. The first kappa shape index (κ1) is 16.7. The maximum absolute atomic E-state index is 13.6. The van der Waals surface area contributed by atoms with Gasteiger partial charge in [0.05, 0.1) is 4.91 Å². The molecule has 1 aromatic rings. The number of hydrogen-bond acceptors (Lipinski definition) is 5. The number of hydrogen-bond donors (Lipinski definition) is 2. The molecule has 3 amide bonds. The highest BCUT2D eigenvalue weighted by molar-refractivity contribution is 8.18. The lowest BCUT2D eigenvalue weighted by molar-refractivity contribution is -0.138. The molecule has 0 aliphatic carbocycles. The van der Waals surface area contributed by atoms with Crippen molar-refractivity contribution in [1.29, 1.82) is 0 Å². The minimum absolute atomic E-state index is 0.00821. The summed E-state index contributed by atoms with van der Waals surface area (Å²) in [7, 11) is 0. The van der Waals surface area contributed by atoms with Crippen molar-refractivity contribution < 1.29 is 28.7 Å². The summed E-state index contributed by atoms with van der Waals surface area (Å²) >= 11 is 0.587. The average molecular weight is 338 g/mol. The molecule has 0 saturated carbocycles. The summed E-state index contributed by atoms with van der Waals surface area (Å²) < 4.78 is 13.6. The lowest BCUT2D eigenvalue weighted by atomic mass is 10.2. The van der Waals surface area contributed by atoms with Crippen molar-refractivity contribution in [2.24, 2.45) is 0 Å². The lowest BCUT2D eigenvalue weighted by Crippen LogP contribution is -2.41. The zero-order valence-corrected chi connectivity index (χ0v) is 12.4. The summed E-state index contributed by atoms with van der Waals surface area (Å²) in [5, 5.41) is 9.82. The number of halogens is 1. The van der Waals surface area contributed by atoms with Crippen LogP contribution in [-0.4, -0.2) is 46.1 Å². The van der Waals surface area contributed by atoms with E-state index in [0.29, 0.717) is 16.7 Å². The number of nitrogens with zero attached hydrogens (tertiary/aromatic N) is 1. The van der Waals surface area contributed by atoms with Crippen molar-refractivity contribution in [1.82, 2.24) is 10.2 Å². The first-order chi connectivity index (χ1) is 10.9. The Morgan fingerprint density at radius 1 is 1.30 bits per heavy atom. The van der Waals surface area contributed by atoms with Gasteiger partial charge in [0.25, 0.3) is 11.1 Å². The summed E-state index contributed by atoms with van der Waals surface area (Å²) in [5.74, 6) is -3.29. The van der Waals surface area contributed by atoms with E-state index in [4.69, 9.17) is 5.11 Å². The highest BCUT2D eigenvalue weighted by Gasteiger charge is 2.36. The van der Waals surface area contributed by atoms with Gasteiger partial charge in [0, 0.05) is 5.56 Å². The maximum Gasteiger partial charge on any atom is 0.322 e. The van der Waals surface area contributed by atoms with Crippen LogP contribution in [0.15, 0.2) is 29.2 Å². The van der Waals surface area contributed by atoms with E-state index in [1.807, 2.05) is 0 Å². The molecule has 1 aliphatic heterocycles. The summed E-state index contributed by atoms with van der Waals surface area (Å²) in [6, 6.07) is 5.74. The molecule has 0 spiro atoms. The van der Waals surface area contributed by atoms with Gasteiger partial charge >= 0.3 is 5.97 Å². The van der Waals surface area contributed by atoms with Crippen molar-refractivity contribution in [2.75, 3.05) is 13.1 Å². The number of carbonyl (C=O) groups is 4. The van der Waals surface area contributed by atoms with Gasteiger partial charge in [-0.15, -0.1) is 0 Å². The van der Waals surface area contributed by atoms with Crippen molar-refractivity contribution in [3.8, 4) is 0 Å². The number of rotatable bonds is 5. The molecule has 0 aromatic heterocycles. The molecule has 0 bridgehead atoms. The number of carboxylic acids is 1. The molecule has 7 nitrogen and oxygen atoms in total. The van der Waals surface area contributed by atoms with Crippen molar-refractivity contribution in [3.05, 3.63) is 40.6 Å². The van der Waals surface area contributed by atoms with Crippen LogP contribution < -0.4 is 5.32 Å². The fourth-order valence-corrected chi connectivity index (χ4v) is 2.57. The molecule has 23 heavy (non-hydrogen) atoms. The van der Waals surface area contributed by atoms with E-state index in [1.165, 1.54) is 24.3 Å². The second-order valence-electron chi connectivity index (χ2n) is 4.46. The Hall–Kier alpha value is -2.68. The quantitative estimate of drug-likeness (QED) is 0.778. The van der Waals surface area contributed by atoms with E-state index in [0.717, 1.165) is 0 Å². The second kappa shape index (κ2) is 7.05. The summed E-state index contributed by atoms with van der Waals surface area (Å²) in [6.45, 7) is -1.20. The Morgan fingerprint density at radius 3 is 2.65 bits per heavy atom. The monoisotopic (exact) mass is 338 g/mol. The maximum atomic E-state index is 13.6.